The van der Waals surface area contributed by atoms with Crippen LogP contribution < -0.4 is 5.43 Å². The molecule has 0 aliphatic rings. The number of imidazole rings is 1. The lowest BCUT2D eigenvalue weighted by Gasteiger charge is -2.10. The predicted molar refractivity (Wildman–Crippen MR) is 94.6 cm³/mol. The molecule has 3 aromatic rings. The van der Waals surface area contributed by atoms with Gasteiger partial charge in [0.25, 0.3) is 5.91 Å². The summed E-state index contributed by atoms with van der Waals surface area (Å²) in [5.41, 5.74) is 3.35. The van der Waals surface area contributed by atoms with Crippen molar-refractivity contribution < 1.29 is 18.0 Å². The first-order chi connectivity index (χ1) is 12.4. The van der Waals surface area contributed by atoms with Crippen LogP contribution in [0.3, 0.4) is 0 Å². The monoisotopic (exact) mass is 424 g/mol. The summed E-state index contributed by atoms with van der Waals surface area (Å²) in [5, 5.41) is 3.79. The molecule has 134 valence electrons. The topological polar surface area (TPSA) is 59.3 Å². The number of rotatable bonds is 4. The first kappa shape index (κ1) is 18.1. The Balaban J connectivity index is 1.80. The highest BCUT2D eigenvalue weighted by molar-refractivity contribution is 9.10. The van der Waals surface area contributed by atoms with Gasteiger partial charge < -0.3 is 4.57 Å². The minimum absolute atomic E-state index is 0.171. The molecule has 1 amide bonds. The molecule has 0 spiro atoms. The number of nitrogens with zero attached hydrogens (tertiary/aromatic N) is 3. The molecule has 5 nitrogen and oxygen atoms in total. The molecule has 0 aliphatic heterocycles. The molecule has 1 aromatic heterocycles. The van der Waals surface area contributed by atoms with Crippen LogP contribution in [-0.4, -0.2) is 21.7 Å². The number of para-hydroxylation sites is 2. The third kappa shape index (κ3) is 3.93. The fraction of sp³-hybridized carbons (Fsp3) is 0.118. The van der Waals surface area contributed by atoms with Gasteiger partial charge in [-0.2, -0.15) is 18.3 Å². The Hall–Kier alpha value is -2.68. The second-order valence-electron chi connectivity index (χ2n) is 5.32. The molecular weight excluding hydrogens is 413 g/mol. The number of carbonyl (C=O) groups excluding carboxylic acids is 1. The van der Waals surface area contributed by atoms with E-state index in [0.29, 0.717) is 0 Å². The maximum Gasteiger partial charge on any atom is 0.449 e. The van der Waals surface area contributed by atoms with E-state index in [0.717, 1.165) is 14.6 Å². The van der Waals surface area contributed by atoms with Gasteiger partial charge in [0.15, 0.2) is 0 Å². The van der Waals surface area contributed by atoms with Crippen molar-refractivity contribution in [1.29, 1.82) is 0 Å². The van der Waals surface area contributed by atoms with Crippen LogP contribution in [0.5, 0.6) is 0 Å². The van der Waals surface area contributed by atoms with E-state index in [1.807, 2.05) is 6.07 Å². The normalized spacial score (nSPS) is 12.0. The van der Waals surface area contributed by atoms with Crippen molar-refractivity contribution in [2.24, 2.45) is 5.10 Å². The van der Waals surface area contributed by atoms with Gasteiger partial charge in [-0.3, -0.25) is 4.79 Å². The third-order valence-corrected chi connectivity index (χ3v) is 4.23. The minimum atomic E-state index is -4.67. The van der Waals surface area contributed by atoms with Crippen molar-refractivity contribution in [1.82, 2.24) is 15.0 Å². The SMILES string of the molecule is O=C(Cn1c(C(F)(F)F)nc2ccccc21)NN=Cc1ccccc1Br. The van der Waals surface area contributed by atoms with Crippen LogP contribution in [0.4, 0.5) is 13.2 Å². The fourth-order valence-electron chi connectivity index (χ4n) is 2.38. The molecule has 0 saturated carbocycles. The van der Waals surface area contributed by atoms with Crippen molar-refractivity contribution in [2.45, 2.75) is 12.7 Å². The van der Waals surface area contributed by atoms with Gasteiger partial charge in [0.1, 0.15) is 6.54 Å². The molecule has 1 N–H and O–H groups in total. The third-order valence-electron chi connectivity index (χ3n) is 3.51. The first-order valence-corrected chi connectivity index (χ1v) is 8.24. The number of amides is 1. The Kier molecular flexibility index (Phi) is 5.08. The average Bonchev–Trinajstić information content (AvgIpc) is 2.96. The number of halogens is 4. The number of alkyl halides is 3. The van der Waals surface area contributed by atoms with Crippen molar-refractivity contribution >= 4 is 39.1 Å². The summed E-state index contributed by atoms with van der Waals surface area (Å²) in [7, 11) is 0. The number of hydrogen-bond acceptors (Lipinski definition) is 3. The van der Waals surface area contributed by atoms with E-state index >= 15 is 0 Å². The van der Waals surface area contributed by atoms with Crippen molar-refractivity contribution in [3.8, 4) is 0 Å². The lowest BCUT2D eigenvalue weighted by atomic mass is 10.2. The summed E-state index contributed by atoms with van der Waals surface area (Å²) in [5.74, 6) is -1.81. The van der Waals surface area contributed by atoms with Crippen molar-refractivity contribution in [3.05, 3.63) is 64.4 Å². The Labute approximate surface area is 154 Å². The van der Waals surface area contributed by atoms with Crippen LogP contribution in [-0.2, 0) is 17.5 Å². The van der Waals surface area contributed by atoms with Gasteiger partial charge in [0, 0.05) is 10.0 Å². The van der Waals surface area contributed by atoms with Crippen molar-refractivity contribution in [2.75, 3.05) is 0 Å². The minimum Gasteiger partial charge on any atom is -0.311 e. The van der Waals surface area contributed by atoms with Gasteiger partial charge in [0.2, 0.25) is 5.82 Å². The Morgan fingerprint density at radius 1 is 1.19 bits per heavy atom. The van der Waals surface area contributed by atoms with Gasteiger partial charge in [-0.1, -0.05) is 46.3 Å². The van der Waals surface area contributed by atoms with E-state index in [-0.39, 0.29) is 11.0 Å². The Morgan fingerprint density at radius 3 is 2.62 bits per heavy atom. The summed E-state index contributed by atoms with van der Waals surface area (Å²) in [4.78, 5) is 15.6. The molecule has 0 saturated heterocycles. The maximum absolute atomic E-state index is 13.2. The summed E-state index contributed by atoms with van der Waals surface area (Å²) < 4.78 is 41.2. The fourth-order valence-corrected chi connectivity index (χ4v) is 2.77. The molecule has 3 rings (SSSR count). The van der Waals surface area contributed by atoms with E-state index in [1.165, 1.54) is 18.3 Å². The van der Waals surface area contributed by atoms with Gasteiger partial charge >= 0.3 is 6.18 Å². The number of fused-ring (bicyclic) bond motifs is 1. The molecule has 2 aromatic carbocycles. The Bertz CT molecular complexity index is 982. The lowest BCUT2D eigenvalue weighted by molar-refractivity contribution is -0.147. The van der Waals surface area contributed by atoms with Crippen LogP contribution in [0, 0.1) is 0 Å². The number of nitrogens with one attached hydrogen (secondary N) is 1. The molecule has 0 aliphatic carbocycles. The molecule has 0 bridgehead atoms. The Morgan fingerprint density at radius 2 is 1.88 bits per heavy atom. The highest BCUT2D eigenvalue weighted by atomic mass is 79.9. The highest BCUT2D eigenvalue weighted by Gasteiger charge is 2.37. The quantitative estimate of drug-likeness (QED) is 0.508. The van der Waals surface area contributed by atoms with E-state index in [2.05, 4.69) is 31.4 Å². The standard InChI is InChI=1S/C17H12BrF3N4O/c18-12-6-2-1-5-11(12)9-22-24-15(26)10-25-14-8-4-3-7-13(14)23-16(25)17(19,20)21/h1-9H,10H2,(H,24,26). The highest BCUT2D eigenvalue weighted by Crippen LogP contribution is 2.31. The maximum atomic E-state index is 13.2. The first-order valence-electron chi connectivity index (χ1n) is 7.45. The zero-order chi connectivity index (χ0) is 18.7. The summed E-state index contributed by atoms with van der Waals surface area (Å²) in [6, 6.07) is 13.3. The van der Waals surface area contributed by atoms with Gasteiger partial charge in [-0.15, -0.1) is 0 Å². The second kappa shape index (κ2) is 7.28. The number of benzene rings is 2. The van der Waals surface area contributed by atoms with Crippen LogP contribution in [0.1, 0.15) is 11.4 Å². The van der Waals surface area contributed by atoms with Gasteiger partial charge in [-0.25, -0.2) is 10.4 Å². The number of aromatic nitrogens is 2. The zero-order valence-corrected chi connectivity index (χ0v) is 14.8. The summed E-state index contributed by atoms with van der Waals surface area (Å²) in [6.45, 7) is -0.553. The van der Waals surface area contributed by atoms with E-state index < -0.39 is 24.5 Å². The van der Waals surface area contributed by atoms with Crippen LogP contribution in [0.25, 0.3) is 11.0 Å². The van der Waals surface area contributed by atoms with Crippen LogP contribution >= 0.6 is 15.9 Å². The number of hydrazone groups is 1. The average molecular weight is 425 g/mol. The molecular formula is C17H12BrF3N4O. The van der Waals surface area contributed by atoms with Gasteiger partial charge in [-0.05, 0) is 18.2 Å². The summed E-state index contributed by atoms with van der Waals surface area (Å²) in [6.07, 6.45) is -3.27. The van der Waals surface area contributed by atoms with Crippen LogP contribution in [0.15, 0.2) is 58.1 Å². The van der Waals surface area contributed by atoms with E-state index in [9.17, 15) is 18.0 Å². The van der Waals surface area contributed by atoms with E-state index in [1.54, 1.807) is 30.3 Å². The molecule has 1 heterocycles. The summed E-state index contributed by atoms with van der Waals surface area (Å²) >= 11 is 3.33. The zero-order valence-electron chi connectivity index (χ0n) is 13.2. The molecule has 0 atom stereocenters. The molecule has 0 radical (unpaired) electrons. The smallest absolute Gasteiger partial charge is 0.311 e. The predicted octanol–water partition coefficient (Wildman–Crippen LogP) is 3.97. The molecule has 0 fully saturated rings. The van der Waals surface area contributed by atoms with Gasteiger partial charge in [0.05, 0.1) is 17.2 Å². The number of carbonyl (C=O) groups is 1. The molecule has 0 unspecified atom stereocenters. The molecule has 9 heteroatoms. The lowest BCUT2D eigenvalue weighted by Crippen LogP contribution is -2.26. The van der Waals surface area contributed by atoms with Crippen LogP contribution in [0.2, 0.25) is 0 Å². The number of hydrogen-bond donors (Lipinski definition) is 1. The largest absolute Gasteiger partial charge is 0.449 e. The van der Waals surface area contributed by atoms with Crippen molar-refractivity contribution in [3.63, 3.8) is 0 Å². The molecule has 26 heavy (non-hydrogen) atoms. The second-order valence-corrected chi connectivity index (χ2v) is 6.18. The van der Waals surface area contributed by atoms with E-state index in [4.69, 9.17) is 0 Å².